The molecule has 184 valence electrons. The minimum Gasteiger partial charge on any atom is -0.480 e. The average molecular weight is 476 g/mol. The molecule has 3 aromatic rings. The smallest absolute Gasteiger partial charge is 0.231 e. The molecule has 0 bridgehead atoms. The first-order chi connectivity index (χ1) is 17.1. The number of hydrogen-bond acceptors (Lipinski definition) is 7. The summed E-state index contributed by atoms with van der Waals surface area (Å²) in [5.41, 5.74) is 5.35. The zero-order chi connectivity index (χ0) is 24.4. The Labute approximate surface area is 206 Å². The van der Waals surface area contributed by atoms with Crippen molar-refractivity contribution in [2.24, 2.45) is 5.92 Å². The predicted molar refractivity (Wildman–Crippen MR) is 132 cm³/mol. The van der Waals surface area contributed by atoms with Gasteiger partial charge in [0.15, 0.2) is 0 Å². The lowest BCUT2D eigenvalue weighted by molar-refractivity contribution is 0.128. The minimum atomic E-state index is 0.318. The van der Waals surface area contributed by atoms with Gasteiger partial charge >= 0.3 is 0 Å². The Kier molecular flexibility index (Phi) is 6.84. The standard InChI is InChI=1S/C26H33N7O2/c1-18(2)31-8-4-5-19(15-31)16-32-17-21(13-29-32)25-23-6-9-35-10-7-24(23)33(30-25)22-11-20(12-27)26(34-3)28-14-22/h11,13-14,17-19H,4-10,15-16H2,1-3H3. The molecule has 1 atom stereocenters. The van der Waals surface area contributed by atoms with E-state index in [0.29, 0.717) is 36.6 Å². The molecule has 2 aliphatic heterocycles. The Bertz CT molecular complexity index is 1220. The van der Waals surface area contributed by atoms with Crippen LogP contribution in [-0.4, -0.2) is 68.9 Å². The van der Waals surface area contributed by atoms with E-state index in [4.69, 9.17) is 19.7 Å². The van der Waals surface area contributed by atoms with E-state index < -0.39 is 0 Å². The average Bonchev–Trinajstić information content (AvgIpc) is 3.40. The zero-order valence-electron chi connectivity index (χ0n) is 20.8. The third-order valence-corrected chi connectivity index (χ3v) is 7.10. The topological polar surface area (TPSA) is 94.0 Å². The summed E-state index contributed by atoms with van der Waals surface area (Å²) in [4.78, 5) is 6.90. The van der Waals surface area contributed by atoms with Crippen LogP contribution in [0.4, 0.5) is 0 Å². The second-order valence-corrected chi connectivity index (χ2v) is 9.71. The van der Waals surface area contributed by atoms with Crippen LogP contribution in [0.3, 0.4) is 0 Å². The van der Waals surface area contributed by atoms with Gasteiger partial charge in [-0.2, -0.15) is 15.5 Å². The maximum atomic E-state index is 9.54. The SMILES string of the molecule is COc1ncc(-n2nc(-c3cnn(CC4CCCN(C(C)C)C4)c3)c3c2CCOCC3)cc1C#N. The summed E-state index contributed by atoms with van der Waals surface area (Å²) in [6, 6.07) is 4.53. The van der Waals surface area contributed by atoms with Crippen molar-refractivity contribution in [2.75, 3.05) is 33.4 Å². The normalized spacial score (nSPS) is 18.8. The summed E-state index contributed by atoms with van der Waals surface area (Å²) in [7, 11) is 1.52. The molecule has 2 aliphatic rings. The third-order valence-electron chi connectivity index (χ3n) is 7.10. The van der Waals surface area contributed by atoms with Crippen LogP contribution in [0, 0.1) is 17.2 Å². The number of ether oxygens (including phenoxy) is 2. The second kappa shape index (κ2) is 10.2. The third kappa shape index (κ3) is 4.81. The molecule has 5 heterocycles. The van der Waals surface area contributed by atoms with Crippen molar-refractivity contribution in [3.63, 3.8) is 0 Å². The van der Waals surface area contributed by atoms with Gasteiger partial charge in [-0.25, -0.2) is 9.67 Å². The molecule has 0 aliphatic carbocycles. The Hall–Kier alpha value is -3.22. The number of piperidine rings is 1. The van der Waals surface area contributed by atoms with Crippen molar-refractivity contribution in [1.29, 1.82) is 5.26 Å². The summed E-state index contributed by atoms with van der Waals surface area (Å²) in [6.07, 6.45) is 9.78. The van der Waals surface area contributed by atoms with E-state index in [2.05, 4.69) is 40.7 Å². The van der Waals surface area contributed by atoms with Crippen molar-refractivity contribution >= 4 is 0 Å². The molecule has 0 amide bonds. The number of methoxy groups -OCH3 is 1. The second-order valence-electron chi connectivity index (χ2n) is 9.71. The molecule has 0 spiro atoms. The van der Waals surface area contributed by atoms with Crippen molar-refractivity contribution < 1.29 is 9.47 Å². The number of likely N-dealkylation sites (tertiary alicyclic amines) is 1. The Morgan fingerprint density at radius 1 is 1.26 bits per heavy atom. The van der Waals surface area contributed by atoms with Crippen molar-refractivity contribution in [1.82, 2.24) is 29.4 Å². The molecule has 0 N–H and O–H groups in total. The van der Waals surface area contributed by atoms with Crippen LogP contribution in [0.25, 0.3) is 16.9 Å². The van der Waals surface area contributed by atoms with Crippen LogP contribution < -0.4 is 4.74 Å². The largest absolute Gasteiger partial charge is 0.480 e. The van der Waals surface area contributed by atoms with Gasteiger partial charge in [-0.3, -0.25) is 4.68 Å². The Morgan fingerprint density at radius 2 is 2.11 bits per heavy atom. The number of nitriles is 1. The van der Waals surface area contributed by atoms with Crippen LogP contribution in [0.5, 0.6) is 5.88 Å². The van der Waals surface area contributed by atoms with Crippen LogP contribution >= 0.6 is 0 Å². The molecular formula is C26H33N7O2. The first-order valence-corrected chi connectivity index (χ1v) is 12.5. The molecule has 9 nitrogen and oxygen atoms in total. The van der Waals surface area contributed by atoms with Crippen LogP contribution in [0.15, 0.2) is 24.7 Å². The molecule has 0 aromatic carbocycles. The van der Waals surface area contributed by atoms with Crippen molar-refractivity contribution in [3.8, 4) is 28.9 Å². The van der Waals surface area contributed by atoms with Gasteiger partial charge in [0.05, 0.1) is 49.8 Å². The number of pyridine rings is 1. The molecular weight excluding hydrogens is 442 g/mol. The van der Waals surface area contributed by atoms with Gasteiger partial charge in [0.25, 0.3) is 0 Å². The van der Waals surface area contributed by atoms with Crippen molar-refractivity contribution in [2.45, 2.75) is 52.1 Å². The summed E-state index contributed by atoms with van der Waals surface area (Å²) in [5, 5.41) is 19.3. The van der Waals surface area contributed by atoms with Gasteiger partial charge in [0.2, 0.25) is 5.88 Å². The predicted octanol–water partition coefficient (Wildman–Crippen LogP) is 3.25. The highest BCUT2D eigenvalue weighted by Crippen LogP contribution is 2.31. The molecule has 5 rings (SSSR count). The molecule has 3 aromatic heterocycles. The van der Waals surface area contributed by atoms with Crippen molar-refractivity contribution in [3.05, 3.63) is 41.5 Å². The monoisotopic (exact) mass is 475 g/mol. The number of fused-ring (bicyclic) bond motifs is 1. The highest BCUT2D eigenvalue weighted by molar-refractivity contribution is 5.64. The van der Waals surface area contributed by atoms with E-state index >= 15 is 0 Å². The zero-order valence-corrected chi connectivity index (χ0v) is 20.8. The first kappa shape index (κ1) is 23.5. The van der Waals surface area contributed by atoms with Gasteiger partial charge in [0, 0.05) is 42.9 Å². The summed E-state index contributed by atoms with van der Waals surface area (Å²) < 4.78 is 15.0. The lowest BCUT2D eigenvalue weighted by atomic mass is 9.97. The maximum Gasteiger partial charge on any atom is 0.231 e. The van der Waals surface area contributed by atoms with Gasteiger partial charge in [0.1, 0.15) is 11.6 Å². The lowest BCUT2D eigenvalue weighted by Gasteiger charge is -2.35. The highest BCUT2D eigenvalue weighted by Gasteiger charge is 2.25. The van der Waals surface area contributed by atoms with Gasteiger partial charge in [-0.1, -0.05) is 0 Å². The number of nitrogens with zero attached hydrogens (tertiary/aromatic N) is 7. The van der Waals surface area contributed by atoms with E-state index in [9.17, 15) is 5.26 Å². The minimum absolute atomic E-state index is 0.318. The first-order valence-electron chi connectivity index (χ1n) is 12.5. The molecule has 1 fully saturated rings. The summed E-state index contributed by atoms with van der Waals surface area (Å²) >= 11 is 0. The van der Waals surface area contributed by atoms with Gasteiger partial charge in [-0.15, -0.1) is 0 Å². The number of rotatable bonds is 6. The molecule has 35 heavy (non-hydrogen) atoms. The quantitative estimate of drug-likeness (QED) is 0.540. The van der Waals surface area contributed by atoms with E-state index in [0.717, 1.165) is 48.6 Å². The molecule has 1 saturated heterocycles. The molecule has 0 saturated carbocycles. The Morgan fingerprint density at radius 3 is 2.91 bits per heavy atom. The van der Waals surface area contributed by atoms with E-state index in [1.807, 2.05) is 10.9 Å². The van der Waals surface area contributed by atoms with Crippen LogP contribution in [0.1, 0.15) is 43.5 Å². The molecule has 1 unspecified atom stereocenters. The van der Waals surface area contributed by atoms with Gasteiger partial charge in [-0.05, 0) is 51.6 Å². The van der Waals surface area contributed by atoms with E-state index in [-0.39, 0.29) is 0 Å². The fraction of sp³-hybridized carbons (Fsp3) is 0.538. The van der Waals surface area contributed by atoms with E-state index in [1.54, 1.807) is 12.3 Å². The van der Waals surface area contributed by atoms with Crippen LogP contribution in [0.2, 0.25) is 0 Å². The van der Waals surface area contributed by atoms with Gasteiger partial charge < -0.3 is 14.4 Å². The summed E-state index contributed by atoms with van der Waals surface area (Å²) in [6.45, 7) is 9.09. The highest BCUT2D eigenvalue weighted by atomic mass is 16.5. The fourth-order valence-electron chi connectivity index (χ4n) is 5.26. The Balaban J connectivity index is 1.46. The number of aromatic nitrogens is 5. The van der Waals surface area contributed by atoms with E-state index in [1.165, 1.54) is 32.1 Å². The maximum absolute atomic E-state index is 9.54. The fourth-order valence-corrected chi connectivity index (χ4v) is 5.26. The molecule has 9 heteroatoms. The number of hydrogen-bond donors (Lipinski definition) is 0. The van der Waals surface area contributed by atoms with Crippen LogP contribution in [-0.2, 0) is 24.1 Å². The lowest BCUT2D eigenvalue weighted by Crippen LogP contribution is -2.41. The molecule has 0 radical (unpaired) electrons. The summed E-state index contributed by atoms with van der Waals surface area (Å²) in [5.74, 6) is 0.926.